The average molecular weight is 257 g/mol. The third-order valence-electron chi connectivity index (χ3n) is 1.72. The molecule has 1 aromatic heterocycles. The number of hydrogen-bond donors (Lipinski definition) is 4. The van der Waals surface area contributed by atoms with Gasteiger partial charge in [0.05, 0.1) is 0 Å². The van der Waals surface area contributed by atoms with Gasteiger partial charge in [-0.3, -0.25) is 0 Å². The van der Waals surface area contributed by atoms with Gasteiger partial charge in [-0.05, 0) is 11.6 Å². The van der Waals surface area contributed by atoms with Crippen LogP contribution >= 0.6 is 0 Å². The van der Waals surface area contributed by atoms with Gasteiger partial charge in [0.25, 0.3) is 0 Å². The molecule has 18 heavy (non-hydrogen) atoms. The lowest BCUT2D eigenvalue weighted by Gasteiger charge is -2.11. The largest absolute Gasteiger partial charge is 0.480 e. The number of amides is 2. The van der Waals surface area contributed by atoms with Gasteiger partial charge >= 0.3 is 12.0 Å². The molecule has 7 heteroatoms. The van der Waals surface area contributed by atoms with E-state index in [9.17, 15) is 9.59 Å². The number of primary amides is 1. The summed E-state index contributed by atoms with van der Waals surface area (Å²) in [5, 5.41) is 10.9. The molecule has 1 aromatic rings. The summed E-state index contributed by atoms with van der Waals surface area (Å²) in [4.78, 5) is 32.0. The number of aliphatic carboxylic acids is 1. The van der Waals surface area contributed by atoms with Crippen molar-refractivity contribution < 1.29 is 19.5 Å². The number of aromatic amines is 1. The summed E-state index contributed by atoms with van der Waals surface area (Å²) in [7, 11) is 0. The molecule has 102 valence electrons. The van der Waals surface area contributed by atoms with Gasteiger partial charge < -0.3 is 25.9 Å². The number of hydrogen-bond acceptors (Lipinski definition) is 3. The van der Waals surface area contributed by atoms with Crippen molar-refractivity contribution in [2.45, 2.75) is 26.3 Å². The highest BCUT2D eigenvalue weighted by molar-refractivity contribution is 5.81. The number of nitrogens with one attached hydrogen (secondary N) is 2. The lowest BCUT2D eigenvalue weighted by atomic mass is 10.1. The summed E-state index contributed by atoms with van der Waals surface area (Å²) in [6, 6.07) is -0.0882. The first-order valence-corrected chi connectivity index (χ1v) is 5.29. The minimum atomic E-state index is -1.11. The zero-order valence-electron chi connectivity index (χ0n) is 10.5. The first-order valence-electron chi connectivity index (χ1n) is 5.29. The van der Waals surface area contributed by atoms with Crippen molar-refractivity contribution in [1.82, 2.24) is 10.3 Å². The topological polar surface area (TPSA) is 125 Å². The Morgan fingerprint density at radius 2 is 2.06 bits per heavy atom. The Kier molecular flexibility index (Phi) is 11.2. The van der Waals surface area contributed by atoms with Crippen LogP contribution in [-0.4, -0.2) is 34.9 Å². The normalized spacial score (nSPS) is 9.89. The van der Waals surface area contributed by atoms with Crippen LogP contribution in [0, 0.1) is 0 Å². The highest BCUT2D eigenvalue weighted by Crippen LogP contribution is 2.01. The maximum atomic E-state index is 10.7. The maximum Gasteiger partial charge on any atom is 0.326 e. The van der Waals surface area contributed by atoms with Crippen molar-refractivity contribution in [2.24, 2.45) is 5.73 Å². The minimum Gasteiger partial charge on any atom is -0.480 e. The van der Waals surface area contributed by atoms with Crippen molar-refractivity contribution in [3.8, 4) is 0 Å². The molecule has 0 aromatic carbocycles. The van der Waals surface area contributed by atoms with E-state index in [1.165, 1.54) is 0 Å². The molecule has 1 rings (SSSR count). The zero-order chi connectivity index (χ0) is 14.6. The number of carboxylic acid groups (broad SMARTS) is 1. The Labute approximate surface area is 105 Å². The molecule has 0 aliphatic rings. The van der Waals surface area contributed by atoms with Crippen molar-refractivity contribution in [3.05, 3.63) is 24.0 Å². The summed E-state index contributed by atoms with van der Waals surface area (Å²) in [6.45, 7) is 6.00. The Hall–Kier alpha value is -2.31. The molecule has 0 saturated heterocycles. The molecule has 1 heterocycles. The molecule has 0 saturated carbocycles. The van der Waals surface area contributed by atoms with E-state index in [0.29, 0.717) is 0 Å². The molecular formula is C11H19N3O4. The molecule has 1 atom stereocenters. The Bertz CT molecular complexity index is 338. The minimum absolute atomic E-state index is 0.210. The van der Waals surface area contributed by atoms with Crippen LogP contribution in [0.15, 0.2) is 18.5 Å². The fraction of sp³-hybridized carbons (Fsp3) is 0.364. The maximum absolute atomic E-state index is 10.7. The lowest BCUT2D eigenvalue weighted by Crippen LogP contribution is -2.44. The van der Waals surface area contributed by atoms with E-state index in [1.54, 1.807) is 18.5 Å². The fourth-order valence-electron chi connectivity index (χ4n) is 1.09. The molecule has 2 amide bonds. The molecule has 0 radical (unpaired) electrons. The second-order valence-corrected chi connectivity index (χ2v) is 2.82. The highest BCUT2D eigenvalue weighted by Gasteiger charge is 2.18. The fourth-order valence-corrected chi connectivity index (χ4v) is 1.09. The van der Waals surface area contributed by atoms with Gasteiger partial charge in [-0.1, -0.05) is 13.8 Å². The van der Waals surface area contributed by atoms with E-state index in [-0.39, 0.29) is 6.42 Å². The second kappa shape index (κ2) is 11.2. The second-order valence-electron chi connectivity index (χ2n) is 2.82. The van der Waals surface area contributed by atoms with Crippen LogP contribution in [0.5, 0.6) is 0 Å². The van der Waals surface area contributed by atoms with Crippen LogP contribution in [0.4, 0.5) is 4.79 Å². The summed E-state index contributed by atoms with van der Waals surface area (Å²) >= 11 is 0. The van der Waals surface area contributed by atoms with E-state index in [4.69, 9.17) is 15.6 Å². The molecule has 1 unspecified atom stereocenters. The molecule has 0 aliphatic heterocycles. The van der Waals surface area contributed by atoms with Gasteiger partial charge in [-0.2, -0.15) is 0 Å². The highest BCUT2D eigenvalue weighted by atomic mass is 16.4. The summed E-state index contributed by atoms with van der Waals surface area (Å²) in [6.07, 6.45) is 3.55. The first kappa shape index (κ1) is 18.1. The van der Waals surface area contributed by atoms with Crippen LogP contribution in [0.3, 0.4) is 0 Å². The van der Waals surface area contributed by atoms with Crippen molar-refractivity contribution in [1.29, 1.82) is 0 Å². The third-order valence-corrected chi connectivity index (χ3v) is 1.72. The van der Waals surface area contributed by atoms with Gasteiger partial charge in [-0.25, -0.2) is 9.59 Å². The Balaban J connectivity index is 0. The van der Waals surface area contributed by atoms with E-state index in [2.05, 4.69) is 10.3 Å². The predicted octanol–water partition coefficient (Wildman–Crippen LogP) is 0.520. The van der Waals surface area contributed by atoms with E-state index < -0.39 is 18.0 Å². The monoisotopic (exact) mass is 257 g/mol. The van der Waals surface area contributed by atoms with Crippen LogP contribution < -0.4 is 11.1 Å². The summed E-state index contributed by atoms with van der Waals surface area (Å²) in [5.41, 5.74) is 5.64. The number of rotatable bonds is 4. The molecule has 0 bridgehead atoms. The van der Waals surface area contributed by atoms with Gasteiger partial charge in [-0.15, -0.1) is 0 Å². The number of nitrogens with two attached hydrogens (primary N) is 1. The van der Waals surface area contributed by atoms with Crippen molar-refractivity contribution in [3.63, 3.8) is 0 Å². The SMILES string of the molecule is C=O.CC.NC(=O)NC(Cc1cc[nH]c1)C(=O)O. The number of carbonyl (C=O) groups excluding carboxylic acids is 2. The standard InChI is InChI=1S/C8H11N3O3.C2H6.CH2O/c9-8(14)11-6(7(12)13)3-5-1-2-10-4-5;2*1-2/h1-2,4,6,10H,3H2,(H,12,13)(H3,9,11,14);1-2H3;1H2. The average Bonchev–Trinajstić information content (AvgIpc) is 2.85. The lowest BCUT2D eigenvalue weighted by molar-refractivity contribution is -0.139. The number of aromatic nitrogens is 1. The number of carbonyl (C=O) groups is 3. The van der Waals surface area contributed by atoms with Crippen molar-refractivity contribution in [2.75, 3.05) is 0 Å². The number of urea groups is 1. The molecular weight excluding hydrogens is 238 g/mol. The molecule has 0 spiro atoms. The number of H-pyrrole nitrogens is 1. The van der Waals surface area contributed by atoms with Crippen LogP contribution in [0.1, 0.15) is 19.4 Å². The molecule has 7 nitrogen and oxygen atoms in total. The van der Waals surface area contributed by atoms with E-state index in [0.717, 1.165) is 5.56 Å². The van der Waals surface area contributed by atoms with Gasteiger partial charge in [0.2, 0.25) is 0 Å². The zero-order valence-corrected chi connectivity index (χ0v) is 10.5. The smallest absolute Gasteiger partial charge is 0.326 e. The summed E-state index contributed by atoms with van der Waals surface area (Å²) in [5.74, 6) is -1.11. The van der Waals surface area contributed by atoms with Crippen LogP contribution in [0.2, 0.25) is 0 Å². The number of carboxylic acids is 1. The predicted molar refractivity (Wildman–Crippen MR) is 67.1 cm³/mol. The quantitative estimate of drug-likeness (QED) is 0.627. The van der Waals surface area contributed by atoms with Crippen molar-refractivity contribution >= 4 is 18.8 Å². The van der Waals surface area contributed by atoms with Crippen LogP contribution in [0.25, 0.3) is 0 Å². The van der Waals surface area contributed by atoms with Gasteiger partial charge in [0, 0.05) is 18.8 Å². The third kappa shape index (κ3) is 7.91. The Morgan fingerprint density at radius 3 is 2.39 bits per heavy atom. The van der Waals surface area contributed by atoms with E-state index in [1.807, 2.05) is 20.6 Å². The van der Waals surface area contributed by atoms with E-state index >= 15 is 0 Å². The molecule has 0 aliphatic carbocycles. The van der Waals surface area contributed by atoms with Gasteiger partial charge in [0.1, 0.15) is 12.8 Å². The Morgan fingerprint density at radius 1 is 1.50 bits per heavy atom. The first-order chi connectivity index (χ1) is 8.59. The van der Waals surface area contributed by atoms with Crippen LogP contribution in [-0.2, 0) is 16.0 Å². The molecule has 5 N–H and O–H groups in total. The van der Waals surface area contributed by atoms with Gasteiger partial charge in [0.15, 0.2) is 0 Å². The summed E-state index contributed by atoms with van der Waals surface area (Å²) < 4.78 is 0. The molecule has 0 fully saturated rings.